The topological polar surface area (TPSA) is 79.8 Å². The maximum Gasteiger partial charge on any atom is 0.191 e. The van der Waals surface area contributed by atoms with Gasteiger partial charge >= 0.3 is 0 Å². The lowest BCUT2D eigenvalue weighted by atomic mass is 10.2. The minimum absolute atomic E-state index is 0.105. The largest absolute Gasteiger partial charge is 0.376 e. The van der Waals surface area contributed by atoms with Gasteiger partial charge in [0, 0.05) is 33.0 Å². The molecule has 0 aliphatic carbocycles. The molecule has 7 heteroatoms. The van der Waals surface area contributed by atoms with Crippen molar-refractivity contribution in [2.24, 2.45) is 4.99 Å². The summed E-state index contributed by atoms with van der Waals surface area (Å²) in [6.07, 6.45) is 3.63. The molecule has 1 aliphatic heterocycles. The summed E-state index contributed by atoms with van der Waals surface area (Å²) in [4.78, 5) is 4.01. The van der Waals surface area contributed by atoms with E-state index >= 15 is 0 Å². The van der Waals surface area contributed by atoms with Crippen LogP contribution < -0.4 is 10.6 Å². The number of hydrogen-bond donors (Lipinski definition) is 2. The molecule has 1 rings (SSSR count). The van der Waals surface area contributed by atoms with E-state index in [4.69, 9.17) is 4.74 Å². The molecule has 0 aromatic carbocycles. The first-order chi connectivity index (χ1) is 8.01. The van der Waals surface area contributed by atoms with E-state index in [1.54, 1.807) is 7.05 Å². The van der Waals surface area contributed by atoms with Crippen molar-refractivity contribution in [1.29, 1.82) is 0 Å². The highest BCUT2D eigenvalue weighted by Crippen LogP contribution is 2.10. The molecule has 0 amide bonds. The molecule has 0 bridgehead atoms. The van der Waals surface area contributed by atoms with Crippen molar-refractivity contribution in [3.8, 4) is 0 Å². The SMILES string of the molecule is CN=C(NCCS(C)(=O)=O)NCC1CCCO1. The Morgan fingerprint density at radius 1 is 1.47 bits per heavy atom. The van der Waals surface area contributed by atoms with Crippen LogP contribution in [0.2, 0.25) is 0 Å². The Morgan fingerprint density at radius 3 is 2.76 bits per heavy atom. The second kappa shape index (κ2) is 6.80. The lowest BCUT2D eigenvalue weighted by Gasteiger charge is -2.14. The van der Waals surface area contributed by atoms with Gasteiger partial charge in [0.1, 0.15) is 9.84 Å². The third-order valence-electron chi connectivity index (χ3n) is 2.51. The van der Waals surface area contributed by atoms with Gasteiger partial charge in [0.2, 0.25) is 0 Å². The fraction of sp³-hybridized carbons (Fsp3) is 0.900. The zero-order valence-electron chi connectivity index (χ0n) is 10.4. The minimum Gasteiger partial charge on any atom is -0.376 e. The number of nitrogens with zero attached hydrogens (tertiary/aromatic N) is 1. The van der Waals surface area contributed by atoms with Crippen molar-refractivity contribution in [2.45, 2.75) is 18.9 Å². The first kappa shape index (κ1) is 14.2. The molecule has 0 saturated carbocycles. The quantitative estimate of drug-likeness (QED) is 0.510. The molecule has 100 valence electrons. The molecule has 0 aromatic rings. The van der Waals surface area contributed by atoms with Gasteiger partial charge in [-0.1, -0.05) is 0 Å². The molecule has 1 unspecified atom stereocenters. The Kier molecular flexibility index (Phi) is 5.70. The normalized spacial score (nSPS) is 21.5. The molecule has 17 heavy (non-hydrogen) atoms. The highest BCUT2D eigenvalue weighted by atomic mass is 32.2. The van der Waals surface area contributed by atoms with E-state index in [1.807, 2.05) is 0 Å². The number of aliphatic imine (C=N–C) groups is 1. The summed E-state index contributed by atoms with van der Waals surface area (Å²) in [6, 6.07) is 0. The molecule has 2 N–H and O–H groups in total. The van der Waals surface area contributed by atoms with Crippen molar-refractivity contribution in [2.75, 3.05) is 38.8 Å². The summed E-state index contributed by atoms with van der Waals surface area (Å²) in [5.74, 6) is 0.720. The molecular weight excluding hydrogens is 242 g/mol. The summed E-state index contributed by atoms with van der Waals surface area (Å²) in [7, 11) is -1.27. The Balaban J connectivity index is 2.19. The van der Waals surface area contributed by atoms with Gasteiger partial charge in [0.15, 0.2) is 5.96 Å². The van der Waals surface area contributed by atoms with Gasteiger partial charge in [-0.25, -0.2) is 8.42 Å². The molecular formula is C10H21N3O3S. The van der Waals surface area contributed by atoms with Crippen molar-refractivity contribution in [1.82, 2.24) is 10.6 Å². The van der Waals surface area contributed by atoms with Crippen LogP contribution in [0, 0.1) is 0 Å². The number of ether oxygens (including phenoxy) is 1. The number of sulfone groups is 1. The predicted molar refractivity (Wildman–Crippen MR) is 68.0 cm³/mol. The second-order valence-electron chi connectivity index (χ2n) is 4.14. The summed E-state index contributed by atoms with van der Waals surface area (Å²) in [6.45, 7) is 1.90. The lowest BCUT2D eigenvalue weighted by molar-refractivity contribution is 0.114. The van der Waals surface area contributed by atoms with E-state index in [-0.39, 0.29) is 11.9 Å². The average molecular weight is 263 g/mol. The van der Waals surface area contributed by atoms with Crippen LogP contribution in [-0.4, -0.2) is 59.2 Å². The summed E-state index contributed by atoms with van der Waals surface area (Å²) in [5.41, 5.74) is 0. The number of nitrogens with one attached hydrogen (secondary N) is 2. The van der Waals surface area contributed by atoms with Gasteiger partial charge in [0.05, 0.1) is 11.9 Å². The van der Waals surface area contributed by atoms with E-state index in [9.17, 15) is 8.42 Å². The first-order valence-corrected chi connectivity index (χ1v) is 7.81. The summed E-state index contributed by atoms with van der Waals surface area (Å²) < 4.78 is 27.4. The molecule has 1 fully saturated rings. The monoisotopic (exact) mass is 263 g/mol. The van der Waals surface area contributed by atoms with Crippen LogP contribution in [0.4, 0.5) is 0 Å². The highest BCUT2D eigenvalue weighted by molar-refractivity contribution is 7.90. The lowest BCUT2D eigenvalue weighted by Crippen LogP contribution is -2.42. The van der Waals surface area contributed by atoms with Crippen LogP contribution in [0.25, 0.3) is 0 Å². The van der Waals surface area contributed by atoms with Gasteiger partial charge in [-0.15, -0.1) is 0 Å². The highest BCUT2D eigenvalue weighted by Gasteiger charge is 2.15. The van der Waals surface area contributed by atoms with E-state index in [1.165, 1.54) is 6.26 Å². The Labute approximate surface area is 103 Å². The number of rotatable bonds is 5. The molecule has 1 heterocycles. The van der Waals surface area contributed by atoms with Gasteiger partial charge in [0.25, 0.3) is 0 Å². The third-order valence-corrected chi connectivity index (χ3v) is 3.46. The van der Waals surface area contributed by atoms with Gasteiger partial charge in [-0.3, -0.25) is 4.99 Å². The first-order valence-electron chi connectivity index (χ1n) is 5.75. The van der Waals surface area contributed by atoms with Gasteiger partial charge in [-0.2, -0.15) is 0 Å². The smallest absolute Gasteiger partial charge is 0.191 e. The minimum atomic E-state index is -2.93. The molecule has 1 aliphatic rings. The Hall–Kier alpha value is -0.820. The molecule has 0 radical (unpaired) electrons. The fourth-order valence-corrected chi connectivity index (χ4v) is 2.06. The fourth-order valence-electron chi connectivity index (χ4n) is 1.59. The molecule has 1 saturated heterocycles. The maximum absolute atomic E-state index is 10.9. The van der Waals surface area contributed by atoms with E-state index < -0.39 is 9.84 Å². The number of guanidine groups is 1. The van der Waals surface area contributed by atoms with Crippen LogP contribution in [0.1, 0.15) is 12.8 Å². The van der Waals surface area contributed by atoms with Crippen LogP contribution in [0.5, 0.6) is 0 Å². The standard InChI is InChI=1S/C10H21N3O3S/c1-11-10(12-5-7-17(2,14)15)13-8-9-4-3-6-16-9/h9H,3-8H2,1-2H3,(H2,11,12,13). The van der Waals surface area contributed by atoms with Crippen molar-refractivity contribution >= 4 is 15.8 Å². The van der Waals surface area contributed by atoms with Crippen LogP contribution in [-0.2, 0) is 14.6 Å². The zero-order valence-corrected chi connectivity index (χ0v) is 11.2. The Morgan fingerprint density at radius 2 is 2.24 bits per heavy atom. The Bertz CT molecular complexity index is 348. The second-order valence-corrected chi connectivity index (χ2v) is 6.40. The number of hydrogen-bond acceptors (Lipinski definition) is 4. The van der Waals surface area contributed by atoms with Crippen molar-refractivity contribution < 1.29 is 13.2 Å². The molecule has 1 atom stereocenters. The molecule has 0 aromatic heterocycles. The van der Waals surface area contributed by atoms with Crippen molar-refractivity contribution in [3.05, 3.63) is 0 Å². The van der Waals surface area contributed by atoms with Crippen LogP contribution in [0.15, 0.2) is 4.99 Å². The van der Waals surface area contributed by atoms with Crippen molar-refractivity contribution in [3.63, 3.8) is 0 Å². The van der Waals surface area contributed by atoms with E-state index in [0.717, 1.165) is 19.4 Å². The van der Waals surface area contributed by atoms with E-state index in [0.29, 0.717) is 19.0 Å². The predicted octanol–water partition coefficient (Wildman–Crippen LogP) is -0.625. The summed E-state index contributed by atoms with van der Waals surface area (Å²) >= 11 is 0. The van der Waals surface area contributed by atoms with Gasteiger partial charge < -0.3 is 15.4 Å². The molecule has 6 nitrogen and oxygen atoms in total. The third kappa shape index (κ3) is 6.48. The van der Waals surface area contributed by atoms with Gasteiger partial charge in [-0.05, 0) is 12.8 Å². The molecule has 0 spiro atoms. The van der Waals surface area contributed by atoms with Crippen LogP contribution in [0.3, 0.4) is 0 Å². The average Bonchev–Trinajstić information content (AvgIpc) is 2.74. The van der Waals surface area contributed by atoms with Crippen LogP contribution >= 0.6 is 0 Å². The zero-order chi connectivity index (χ0) is 12.7. The van der Waals surface area contributed by atoms with E-state index in [2.05, 4.69) is 15.6 Å². The summed E-state index contributed by atoms with van der Waals surface area (Å²) in [5, 5.41) is 6.07. The maximum atomic E-state index is 10.9.